The van der Waals surface area contributed by atoms with Gasteiger partial charge in [0.2, 0.25) is 0 Å². The van der Waals surface area contributed by atoms with E-state index in [2.05, 4.69) is 5.32 Å². The smallest absolute Gasteiger partial charge is 0.308 e. The molecule has 134 valence electrons. The number of carbonyl (C=O) groups is 1. The van der Waals surface area contributed by atoms with E-state index in [9.17, 15) is 14.0 Å². The van der Waals surface area contributed by atoms with Crippen molar-refractivity contribution in [3.8, 4) is 0 Å². The minimum absolute atomic E-state index is 0.110. The fourth-order valence-corrected chi connectivity index (χ4v) is 3.66. The van der Waals surface area contributed by atoms with Crippen molar-refractivity contribution in [3.63, 3.8) is 0 Å². The zero-order chi connectivity index (χ0) is 18.7. The molecule has 0 unspecified atom stereocenters. The van der Waals surface area contributed by atoms with Crippen LogP contribution in [0.5, 0.6) is 0 Å². The van der Waals surface area contributed by atoms with E-state index in [0.29, 0.717) is 22.7 Å². The van der Waals surface area contributed by atoms with Gasteiger partial charge in [-0.2, -0.15) is 0 Å². The van der Waals surface area contributed by atoms with Crippen molar-refractivity contribution in [2.45, 2.75) is 26.9 Å². The highest BCUT2D eigenvalue weighted by atomic mass is 32.1. The summed E-state index contributed by atoms with van der Waals surface area (Å²) in [4.78, 5) is 24.8. The molecule has 4 nitrogen and oxygen atoms in total. The first-order valence-corrected chi connectivity index (χ1v) is 9.04. The molecule has 1 N–H and O–H groups in total. The molecule has 2 aromatic carbocycles. The van der Waals surface area contributed by atoms with Crippen molar-refractivity contribution >= 4 is 17.2 Å². The van der Waals surface area contributed by atoms with Gasteiger partial charge in [0.05, 0.1) is 6.54 Å². The number of thiazole rings is 1. The van der Waals surface area contributed by atoms with Crippen LogP contribution in [0.2, 0.25) is 0 Å². The largest absolute Gasteiger partial charge is 0.347 e. The fraction of sp³-hybridized carbons (Fsp3) is 0.200. The molecule has 0 spiro atoms. The molecule has 3 aromatic rings. The summed E-state index contributed by atoms with van der Waals surface area (Å²) in [7, 11) is 0. The summed E-state index contributed by atoms with van der Waals surface area (Å²) in [5, 5.41) is 2.84. The topological polar surface area (TPSA) is 51.1 Å². The average molecular weight is 370 g/mol. The molecule has 0 radical (unpaired) electrons. The second-order valence-electron chi connectivity index (χ2n) is 6.13. The van der Waals surface area contributed by atoms with Crippen LogP contribution in [0.15, 0.2) is 53.3 Å². The zero-order valence-electron chi connectivity index (χ0n) is 14.6. The normalized spacial score (nSPS) is 10.7. The number of carbonyl (C=O) groups excluding carboxylic acids is 1. The zero-order valence-corrected chi connectivity index (χ0v) is 15.4. The van der Waals surface area contributed by atoms with Crippen LogP contribution in [0.1, 0.15) is 32.1 Å². The molecule has 1 aromatic heterocycles. The van der Waals surface area contributed by atoms with Crippen LogP contribution in [0, 0.1) is 19.7 Å². The Morgan fingerprint density at radius 3 is 2.65 bits per heavy atom. The number of rotatable bonds is 5. The van der Waals surface area contributed by atoms with Gasteiger partial charge in [0, 0.05) is 17.8 Å². The van der Waals surface area contributed by atoms with E-state index < -0.39 is 0 Å². The number of amides is 1. The predicted octanol–water partition coefficient (Wildman–Crippen LogP) is 3.64. The first-order chi connectivity index (χ1) is 12.5. The average Bonchev–Trinajstić information content (AvgIpc) is 2.90. The molecular formula is C20H19FN2O2S. The predicted molar refractivity (Wildman–Crippen MR) is 101 cm³/mol. The Hall–Kier alpha value is -2.73. The van der Waals surface area contributed by atoms with E-state index in [0.717, 1.165) is 22.5 Å². The third kappa shape index (κ3) is 3.91. The number of hydrogen-bond acceptors (Lipinski definition) is 3. The molecule has 0 bridgehead atoms. The van der Waals surface area contributed by atoms with Crippen LogP contribution in [0.4, 0.5) is 4.39 Å². The summed E-state index contributed by atoms with van der Waals surface area (Å²) in [5.41, 5.74) is 3.08. The SMILES string of the molecule is Cc1cccc(CNC(=O)c2sc(=O)n(Cc3ccccc3F)c2C)c1. The molecular weight excluding hydrogens is 351 g/mol. The summed E-state index contributed by atoms with van der Waals surface area (Å²) in [6.07, 6.45) is 0. The van der Waals surface area contributed by atoms with Crippen LogP contribution < -0.4 is 10.2 Å². The lowest BCUT2D eigenvalue weighted by Crippen LogP contribution is -2.23. The molecule has 0 aliphatic rings. The van der Waals surface area contributed by atoms with E-state index in [4.69, 9.17) is 0 Å². The van der Waals surface area contributed by atoms with Crippen molar-refractivity contribution in [2.75, 3.05) is 0 Å². The molecule has 1 heterocycles. The van der Waals surface area contributed by atoms with E-state index in [-0.39, 0.29) is 23.1 Å². The summed E-state index contributed by atoms with van der Waals surface area (Å²) in [5.74, 6) is -0.658. The van der Waals surface area contributed by atoms with Gasteiger partial charge >= 0.3 is 4.87 Å². The maximum Gasteiger partial charge on any atom is 0.308 e. The number of benzene rings is 2. The summed E-state index contributed by atoms with van der Waals surface area (Å²) in [6, 6.07) is 14.2. The van der Waals surface area contributed by atoms with E-state index >= 15 is 0 Å². The minimum atomic E-state index is -0.365. The highest BCUT2D eigenvalue weighted by Gasteiger charge is 2.18. The lowest BCUT2D eigenvalue weighted by molar-refractivity contribution is 0.0954. The number of hydrogen-bond donors (Lipinski definition) is 1. The minimum Gasteiger partial charge on any atom is -0.347 e. The third-order valence-corrected chi connectivity index (χ3v) is 5.25. The third-order valence-electron chi connectivity index (χ3n) is 4.17. The molecule has 0 aliphatic heterocycles. The molecule has 26 heavy (non-hydrogen) atoms. The number of nitrogens with zero attached hydrogens (tertiary/aromatic N) is 1. The van der Waals surface area contributed by atoms with Crippen molar-refractivity contribution in [3.05, 3.63) is 91.3 Å². The van der Waals surface area contributed by atoms with Gasteiger partial charge in [-0.05, 0) is 25.5 Å². The summed E-state index contributed by atoms with van der Waals surface area (Å²) < 4.78 is 15.3. The standard InChI is InChI=1S/C20H19FN2O2S/c1-13-6-5-7-15(10-13)11-22-19(24)18-14(2)23(20(25)26-18)12-16-8-3-4-9-17(16)21/h3-10H,11-12H2,1-2H3,(H,22,24). The van der Waals surface area contributed by atoms with E-state index in [1.54, 1.807) is 25.1 Å². The van der Waals surface area contributed by atoms with Gasteiger partial charge in [-0.25, -0.2) is 4.39 Å². The molecule has 0 saturated carbocycles. The lowest BCUT2D eigenvalue weighted by atomic mass is 10.1. The highest BCUT2D eigenvalue weighted by Crippen LogP contribution is 2.15. The van der Waals surface area contributed by atoms with Crippen LogP contribution in [0.3, 0.4) is 0 Å². The summed E-state index contributed by atoms with van der Waals surface area (Å²) >= 11 is 0.885. The van der Waals surface area contributed by atoms with Gasteiger partial charge in [0.25, 0.3) is 5.91 Å². The Morgan fingerprint density at radius 1 is 1.15 bits per heavy atom. The number of nitrogens with one attached hydrogen (secondary N) is 1. The molecule has 3 rings (SSSR count). The van der Waals surface area contributed by atoms with Gasteiger partial charge in [0.1, 0.15) is 10.7 Å². The Labute approximate surface area is 154 Å². The molecule has 0 atom stereocenters. The van der Waals surface area contributed by atoms with E-state index in [1.807, 2.05) is 31.2 Å². The first kappa shape index (κ1) is 18.1. The van der Waals surface area contributed by atoms with Crippen LogP contribution in [-0.2, 0) is 13.1 Å². The molecule has 6 heteroatoms. The number of aromatic nitrogens is 1. The van der Waals surface area contributed by atoms with Crippen LogP contribution in [-0.4, -0.2) is 10.5 Å². The maximum atomic E-state index is 13.9. The monoisotopic (exact) mass is 370 g/mol. The first-order valence-electron chi connectivity index (χ1n) is 8.23. The Kier molecular flexibility index (Phi) is 5.32. The van der Waals surface area contributed by atoms with Gasteiger partial charge in [-0.15, -0.1) is 0 Å². The highest BCUT2D eigenvalue weighted by molar-refractivity contribution is 7.11. The maximum absolute atomic E-state index is 13.9. The van der Waals surface area contributed by atoms with Crippen molar-refractivity contribution < 1.29 is 9.18 Å². The molecule has 0 aliphatic carbocycles. The summed E-state index contributed by atoms with van der Waals surface area (Å²) in [6.45, 7) is 4.20. The van der Waals surface area contributed by atoms with Crippen molar-refractivity contribution in [2.24, 2.45) is 0 Å². The fourth-order valence-electron chi connectivity index (χ4n) is 2.75. The number of aryl methyl sites for hydroxylation is 1. The molecule has 0 saturated heterocycles. The van der Waals surface area contributed by atoms with Gasteiger partial charge in [0.15, 0.2) is 0 Å². The quantitative estimate of drug-likeness (QED) is 0.745. The molecule has 0 fully saturated rings. The van der Waals surface area contributed by atoms with Gasteiger partial charge in [-0.3, -0.25) is 14.2 Å². The van der Waals surface area contributed by atoms with Crippen molar-refractivity contribution in [1.29, 1.82) is 0 Å². The molecule has 1 amide bonds. The lowest BCUT2D eigenvalue weighted by Gasteiger charge is -2.08. The Morgan fingerprint density at radius 2 is 1.92 bits per heavy atom. The Bertz CT molecular complexity index is 1010. The second kappa shape index (κ2) is 7.66. The second-order valence-corrected chi connectivity index (χ2v) is 7.09. The van der Waals surface area contributed by atoms with Crippen LogP contribution >= 0.6 is 11.3 Å². The van der Waals surface area contributed by atoms with Crippen LogP contribution in [0.25, 0.3) is 0 Å². The Balaban J connectivity index is 1.77. The van der Waals surface area contributed by atoms with Crippen molar-refractivity contribution in [1.82, 2.24) is 9.88 Å². The van der Waals surface area contributed by atoms with Gasteiger partial charge < -0.3 is 5.32 Å². The number of halogens is 1. The van der Waals surface area contributed by atoms with E-state index in [1.165, 1.54) is 10.6 Å². The van der Waals surface area contributed by atoms with Gasteiger partial charge in [-0.1, -0.05) is 59.4 Å².